The van der Waals surface area contributed by atoms with E-state index in [0.717, 1.165) is 31.9 Å². The fourth-order valence-electron chi connectivity index (χ4n) is 2.10. The first-order valence-electron chi connectivity index (χ1n) is 6.74. The Labute approximate surface area is 135 Å². The monoisotopic (exact) mass is 334 g/mol. The van der Waals surface area contributed by atoms with Gasteiger partial charge >= 0.3 is 5.97 Å². The number of anilines is 1. The van der Waals surface area contributed by atoms with Gasteiger partial charge in [-0.25, -0.2) is 4.79 Å². The first-order valence-corrected chi connectivity index (χ1v) is 7.12. The first-order chi connectivity index (χ1) is 9.70. The van der Waals surface area contributed by atoms with Crippen molar-refractivity contribution in [1.29, 1.82) is 0 Å². The molecule has 0 radical (unpaired) electrons. The second-order valence-corrected chi connectivity index (χ2v) is 4.88. The molecule has 1 aliphatic heterocycles. The molecule has 2 rings (SSSR count). The number of piperazine rings is 1. The van der Waals surface area contributed by atoms with Crippen LogP contribution >= 0.6 is 24.0 Å². The minimum Gasteiger partial charge on any atom is -0.480 e. The highest BCUT2D eigenvalue weighted by molar-refractivity contribution is 6.30. The summed E-state index contributed by atoms with van der Waals surface area (Å²) in [5.41, 5.74) is 0.920. The van der Waals surface area contributed by atoms with Crippen LogP contribution in [0.1, 0.15) is 6.92 Å². The molecule has 1 aliphatic rings. The van der Waals surface area contributed by atoms with Crippen molar-refractivity contribution in [3.8, 4) is 5.75 Å². The average molecular weight is 335 g/mol. The molecule has 0 amide bonds. The molecule has 1 N–H and O–H groups in total. The highest BCUT2D eigenvalue weighted by Gasteiger charge is 2.16. The molecule has 118 valence electrons. The molecule has 7 heteroatoms. The van der Waals surface area contributed by atoms with E-state index >= 15 is 0 Å². The Kier molecular flexibility index (Phi) is 7.64. The third-order valence-corrected chi connectivity index (χ3v) is 3.26. The Morgan fingerprint density at radius 2 is 2.10 bits per heavy atom. The van der Waals surface area contributed by atoms with E-state index in [1.807, 2.05) is 6.07 Å². The molecule has 0 atom stereocenters. The van der Waals surface area contributed by atoms with E-state index in [4.69, 9.17) is 21.1 Å². The van der Waals surface area contributed by atoms with Crippen LogP contribution < -0.4 is 15.0 Å². The van der Waals surface area contributed by atoms with Gasteiger partial charge in [0.15, 0.2) is 6.61 Å². The lowest BCUT2D eigenvalue weighted by molar-refractivity contribution is -0.145. The van der Waals surface area contributed by atoms with Gasteiger partial charge in [0.2, 0.25) is 0 Å². The van der Waals surface area contributed by atoms with Crippen LogP contribution in [0.25, 0.3) is 0 Å². The lowest BCUT2D eigenvalue weighted by Crippen LogP contribution is -2.43. The second kappa shape index (κ2) is 8.97. The van der Waals surface area contributed by atoms with Gasteiger partial charge in [-0.05, 0) is 25.1 Å². The second-order valence-electron chi connectivity index (χ2n) is 4.44. The van der Waals surface area contributed by atoms with Gasteiger partial charge in [-0.1, -0.05) is 11.6 Å². The molecule has 1 saturated heterocycles. The minimum atomic E-state index is -0.367. The van der Waals surface area contributed by atoms with Gasteiger partial charge in [0.25, 0.3) is 0 Å². The Morgan fingerprint density at radius 3 is 2.76 bits per heavy atom. The van der Waals surface area contributed by atoms with Gasteiger partial charge in [-0.3, -0.25) is 0 Å². The molecule has 0 aromatic heterocycles. The highest BCUT2D eigenvalue weighted by atomic mass is 35.5. The number of ether oxygens (including phenoxy) is 2. The molecule has 1 fully saturated rings. The third-order valence-electron chi connectivity index (χ3n) is 3.03. The van der Waals surface area contributed by atoms with Crippen molar-refractivity contribution in [3.05, 3.63) is 23.2 Å². The van der Waals surface area contributed by atoms with Gasteiger partial charge in [0.05, 0.1) is 12.3 Å². The number of benzene rings is 1. The third kappa shape index (κ3) is 5.26. The molecule has 0 unspecified atom stereocenters. The molecule has 0 aliphatic carbocycles. The van der Waals surface area contributed by atoms with E-state index < -0.39 is 0 Å². The molecule has 0 saturated carbocycles. The zero-order valence-corrected chi connectivity index (χ0v) is 13.5. The molecule has 5 nitrogen and oxygen atoms in total. The van der Waals surface area contributed by atoms with Crippen molar-refractivity contribution < 1.29 is 14.3 Å². The molecule has 0 spiro atoms. The van der Waals surface area contributed by atoms with Gasteiger partial charge in [0, 0.05) is 31.2 Å². The maximum atomic E-state index is 11.4. The lowest BCUT2D eigenvalue weighted by Gasteiger charge is -2.30. The van der Waals surface area contributed by atoms with Crippen molar-refractivity contribution in [2.75, 3.05) is 44.3 Å². The van der Waals surface area contributed by atoms with Crippen LogP contribution in [0.3, 0.4) is 0 Å². The molecule has 0 bridgehead atoms. The Balaban J connectivity index is 0.00000220. The summed E-state index contributed by atoms with van der Waals surface area (Å²) >= 11 is 6.06. The predicted molar refractivity (Wildman–Crippen MR) is 85.9 cm³/mol. The van der Waals surface area contributed by atoms with Crippen LogP contribution in [0.15, 0.2) is 18.2 Å². The van der Waals surface area contributed by atoms with Crippen LogP contribution in [0.5, 0.6) is 5.75 Å². The van der Waals surface area contributed by atoms with Gasteiger partial charge < -0.3 is 19.7 Å². The summed E-state index contributed by atoms with van der Waals surface area (Å²) in [5.74, 6) is 0.290. The zero-order chi connectivity index (χ0) is 14.4. The number of carbonyl (C=O) groups is 1. The number of rotatable bonds is 5. The van der Waals surface area contributed by atoms with E-state index in [9.17, 15) is 4.79 Å². The molecule has 1 heterocycles. The molecular weight excluding hydrogens is 315 g/mol. The molecule has 21 heavy (non-hydrogen) atoms. The number of nitrogens with one attached hydrogen (secondary N) is 1. The van der Waals surface area contributed by atoms with Crippen molar-refractivity contribution in [2.45, 2.75) is 6.92 Å². The summed E-state index contributed by atoms with van der Waals surface area (Å²) in [6.45, 7) is 5.65. The summed E-state index contributed by atoms with van der Waals surface area (Å²) in [4.78, 5) is 13.6. The van der Waals surface area contributed by atoms with Crippen LogP contribution in [-0.2, 0) is 9.53 Å². The maximum absolute atomic E-state index is 11.4. The number of esters is 1. The van der Waals surface area contributed by atoms with E-state index in [0.29, 0.717) is 17.4 Å². The van der Waals surface area contributed by atoms with E-state index in [-0.39, 0.29) is 25.0 Å². The fourth-order valence-corrected chi connectivity index (χ4v) is 2.27. The first kappa shape index (κ1) is 17.9. The lowest BCUT2D eigenvalue weighted by atomic mass is 10.2. The smallest absolute Gasteiger partial charge is 0.344 e. The van der Waals surface area contributed by atoms with Gasteiger partial charge in [-0.15, -0.1) is 12.4 Å². The van der Waals surface area contributed by atoms with Gasteiger partial charge in [-0.2, -0.15) is 0 Å². The Hall–Kier alpha value is -1.17. The number of halogens is 2. The van der Waals surface area contributed by atoms with Crippen molar-refractivity contribution in [2.24, 2.45) is 0 Å². The fraction of sp³-hybridized carbons (Fsp3) is 0.500. The average Bonchev–Trinajstić information content (AvgIpc) is 2.47. The quantitative estimate of drug-likeness (QED) is 0.836. The highest BCUT2D eigenvalue weighted by Crippen LogP contribution is 2.31. The van der Waals surface area contributed by atoms with Gasteiger partial charge in [0.1, 0.15) is 5.75 Å². The zero-order valence-electron chi connectivity index (χ0n) is 11.9. The van der Waals surface area contributed by atoms with Crippen molar-refractivity contribution >= 4 is 35.7 Å². The standard InChI is InChI=1S/C14H19ClN2O3.ClH/c1-2-19-14(18)10-20-13-4-3-11(15)9-12(13)17-7-5-16-6-8-17;/h3-4,9,16H,2,5-8,10H2,1H3;1H. The SMILES string of the molecule is CCOC(=O)COc1ccc(Cl)cc1N1CCNCC1.Cl. The van der Waals surface area contributed by atoms with Crippen LogP contribution in [-0.4, -0.2) is 45.4 Å². The van der Waals surface area contributed by atoms with Crippen LogP contribution in [0, 0.1) is 0 Å². The number of nitrogens with zero attached hydrogens (tertiary/aromatic N) is 1. The summed E-state index contributed by atoms with van der Waals surface area (Å²) in [6.07, 6.45) is 0. The van der Waals surface area contributed by atoms with E-state index in [2.05, 4.69) is 10.2 Å². The largest absolute Gasteiger partial charge is 0.480 e. The predicted octanol–water partition coefficient (Wildman–Crippen LogP) is 2.11. The van der Waals surface area contributed by atoms with Crippen molar-refractivity contribution in [3.63, 3.8) is 0 Å². The Bertz CT molecular complexity index is 466. The summed E-state index contributed by atoms with van der Waals surface area (Å²) < 4.78 is 10.4. The maximum Gasteiger partial charge on any atom is 0.344 e. The van der Waals surface area contributed by atoms with Crippen LogP contribution in [0.4, 0.5) is 5.69 Å². The summed E-state index contributed by atoms with van der Waals surface area (Å²) in [6, 6.07) is 5.42. The van der Waals surface area contributed by atoms with Crippen molar-refractivity contribution in [1.82, 2.24) is 5.32 Å². The molecular formula is C14H20Cl2N2O3. The topological polar surface area (TPSA) is 50.8 Å². The van der Waals surface area contributed by atoms with E-state index in [1.54, 1.807) is 19.1 Å². The molecule has 1 aromatic carbocycles. The normalized spacial score (nSPS) is 14.3. The summed E-state index contributed by atoms with van der Waals surface area (Å²) in [5, 5.41) is 3.95. The molecule has 1 aromatic rings. The Morgan fingerprint density at radius 1 is 1.38 bits per heavy atom. The number of hydrogen-bond acceptors (Lipinski definition) is 5. The summed E-state index contributed by atoms with van der Waals surface area (Å²) in [7, 11) is 0. The number of carbonyl (C=O) groups excluding carboxylic acids is 1. The minimum absolute atomic E-state index is 0. The van der Waals surface area contributed by atoms with E-state index in [1.165, 1.54) is 0 Å². The number of hydrogen-bond donors (Lipinski definition) is 1. The van der Waals surface area contributed by atoms with Crippen LogP contribution in [0.2, 0.25) is 5.02 Å².